The predicted molar refractivity (Wildman–Crippen MR) is 74.6 cm³/mol. The molecule has 4 nitrogen and oxygen atoms in total. The minimum absolute atomic E-state index is 0.274. The Bertz CT molecular complexity index is 738. The van der Waals surface area contributed by atoms with Crippen LogP contribution in [0, 0.1) is 12.7 Å². The zero-order valence-corrected chi connectivity index (χ0v) is 11.4. The average molecular weight is 295 g/mol. The first-order chi connectivity index (χ1) is 9.10. The standard InChI is InChI=1S/C12H8ClFN4S/c1-6-15-10(13)5-11(16-6)18-12-17-8-3-2-7(14)4-9(8)19-12/h2-5H,1H3,(H,15,16,17,18). The lowest BCUT2D eigenvalue weighted by molar-refractivity contribution is 0.630. The zero-order chi connectivity index (χ0) is 13.4. The van der Waals surface area contributed by atoms with E-state index in [-0.39, 0.29) is 5.82 Å². The van der Waals surface area contributed by atoms with E-state index in [0.29, 0.717) is 21.9 Å². The van der Waals surface area contributed by atoms with Crippen LogP contribution in [-0.4, -0.2) is 15.0 Å². The monoisotopic (exact) mass is 294 g/mol. The van der Waals surface area contributed by atoms with E-state index in [1.165, 1.54) is 23.5 Å². The van der Waals surface area contributed by atoms with Crippen molar-refractivity contribution in [2.45, 2.75) is 6.92 Å². The van der Waals surface area contributed by atoms with Crippen molar-refractivity contribution in [3.63, 3.8) is 0 Å². The van der Waals surface area contributed by atoms with E-state index in [9.17, 15) is 4.39 Å². The lowest BCUT2D eigenvalue weighted by Gasteiger charge is -2.02. The van der Waals surface area contributed by atoms with Crippen molar-refractivity contribution >= 4 is 44.1 Å². The number of hydrogen-bond donors (Lipinski definition) is 1. The lowest BCUT2D eigenvalue weighted by Crippen LogP contribution is -1.96. The van der Waals surface area contributed by atoms with Gasteiger partial charge in [-0.1, -0.05) is 22.9 Å². The molecule has 96 valence electrons. The van der Waals surface area contributed by atoms with Crippen LogP contribution in [0.25, 0.3) is 10.2 Å². The van der Waals surface area contributed by atoms with Crippen LogP contribution in [0.15, 0.2) is 24.3 Å². The molecule has 1 aromatic carbocycles. The maximum atomic E-state index is 13.1. The molecule has 0 spiro atoms. The number of nitrogens with one attached hydrogen (secondary N) is 1. The third kappa shape index (κ3) is 2.64. The number of fused-ring (bicyclic) bond motifs is 1. The molecular formula is C12H8ClFN4S. The first-order valence-electron chi connectivity index (χ1n) is 5.44. The number of halogens is 2. The Balaban J connectivity index is 1.96. The molecule has 0 fully saturated rings. The first-order valence-corrected chi connectivity index (χ1v) is 6.64. The molecule has 0 aliphatic carbocycles. The summed E-state index contributed by atoms with van der Waals surface area (Å²) in [6, 6.07) is 6.10. The minimum atomic E-state index is -0.274. The quantitative estimate of drug-likeness (QED) is 0.728. The summed E-state index contributed by atoms with van der Waals surface area (Å²) in [7, 11) is 0. The number of thiazole rings is 1. The van der Waals surface area contributed by atoms with Gasteiger partial charge >= 0.3 is 0 Å². The van der Waals surface area contributed by atoms with Gasteiger partial charge in [0, 0.05) is 6.07 Å². The van der Waals surface area contributed by atoms with Gasteiger partial charge in [-0.3, -0.25) is 0 Å². The maximum absolute atomic E-state index is 13.1. The lowest BCUT2D eigenvalue weighted by atomic mass is 10.3. The van der Waals surface area contributed by atoms with Gasteiger partial charge in [0.1, 0.15) is 22.6 Å². The van der Waals surface area contributed by atoms with E-state index < -0.39 is 0 Å². The first kappa shape index (κ1) is 12.3. The summed E-state index contributed by atoms with van der Waals surface area (Å²) in [6.45, 7) is 1.75. The summed E-state index contributed by atoms with van der Waals surface area (Å²) in [5.41, 5.74) is 0.741. The summed E-state index contributed by atoms with van der Waals surface area (Å²) in [6.07, 6.45) is 0. The summed E-state index contributed by atoms with van der Waals surface area (Å²) < 4.78 is 13.9. The Morgan fingerprint density at radius 2 is 2.05 bits per heavy atom. The molecule has 0 aliphatic heterocycles. The van der Waals surface area contributed by atoms with E-state index in [0.717, 1.165) is 10.2 Å². The minimum Gasteiger partial charge on any atom is -0.316 e. The average Bonchev–Trinajstić information content (AvgIpc) is 2.68. The second-order valence-corrected chi connectivity index (χ2v) is 5.30. The van der Waals surface area contributed by atoms with Crippen molar-refractivity contribution in [1.29, 1.82) is 0 Å². The predicted octanol–water partition coefficient (Wildman–Crippen LogP) is 3.93. The van der Waals surface area contributed by atoms with Crippen molar-refractivity contribution in [3.8, 4) is 0 Å². The highest BCUT2D eigenvalue weighted by Crippen LogP contribution is 2.28. The van der Waals surface area contributed by atoms with Crippen molar-refractivity contribution in [2.75, 3.05) is 5.32 Å². The Kier molecular flexibility index (Phi) is 3.04. The van der Waals surface area contributed by atoms with Gasteiger partial charge in [0.05, 0.1) is 10.2 Å². The smallest absolute Gasteiger partial charge is 0.189 e. The van der Waals surface area contributed by atoms with Crippen LogP contribution in [0.2, 0.25) is 5.15 Å². The molecule has 0 bridgehead atoms. The molecule has 0 amide bonds. The molecular weight excluding hydrogens is 287 g/mol. The second-order valence-electron chi connectivity index (χ2n) is 3.88. The van der Waals surface area contributed by atoms with Gasteiger partial charge in [0.2, 0.25) is 0 Å². The molecule has 3 aromatic rings. The van der Waals surface area contributed by atoms with Gasteiger partial charge in [0.25, 0.3) is 0 Å². The normalized spacial score (nSPS) is 10.9. The SMILES string of the molecule is Cc1nc(Cl)cc(Nc2nc3ccc(F)cc3s2)n1. The molecule has 0 saturated heterocycles. The summed E-state index contributed by atoms with van der Waals surface area (Å²) >= 11 is 7.21. The fraction of sp³-hybridized carbons (Fsp3) is 0.0833. The van der Waals surface area contributed by atoms with Crippen LogP contribution in [0.5, 0.6) is 0 Å². The summed E-state index contributed by atoms with van der Waals surface area (Å²) in [5.74, 6) is 0.864. The molecule has 2 heterocycles. The van der Waals surface area contributed by atoms with Crippen molar-refractivity contribution in [1.82, 2.24) is 15.0 Å². The molecule has 0 unspecified atom stereocenters. The van der Waals surface area contributed by atoms with E-state index in [1.807, 2.05) is 0 Å². The number of aromatic nitrogens is 3. The van der Waals surface area contributed by atoms with E-state index in [4.69, 9.17) is 11.6 Å². The Hall–Kier alpha value is -1.79. The van der Waals surface area contributed by atoms with Crippen molar-refractivity contribution in [2.24, 2.45) is 0 Å². The van der Waals surface area contributed by atoms with Gasteiger partial charge in [-0.05, 0) is 25.1 Å². The highest BCUT2D eigenvalue weighted by atomic mass is 35.5. The van der Waals surface area contributed by atoms with Crippen LogP contribution in [0.1, 0.15) is 5.82 Å². The fourth-order valence-corrected chi connectivity index (χ4v) is 2.78. The van der Waals surface area contributed by atoms with Gasteiger partial charge in [-0.2, -0.15) is 0 Å². The summed E-state index contributed by atoms with van der Waals surface area (Å²) in [5, 5.41) is 4.04. The van der Waals surface area contributed by atoms with Gasteiger partial charge in [0.15, 0.2) is 5.13 Å². The highest BCUT2D eigenvalue weighted by Gasteiger charge is 2.07. The van der Waals surface area contributed by atoms with E-state index >= 15 is 0 Å². The van der Waals surface area contributed by atoms with Crippen LogP contribution in [0.3, 0.4) is 0 Å². The molecule has 3 rings (SSSR count). The highest BCUT2D eigenvalue weighted by molar-refractivity contribution is 7.22. The van der Waals surface area contributed by atoms with E-state index in [2.05, 4.69) is 20.3 Å². The Morgan fingerprint density at radius 3 is 2.84 bits per heavy atom. The van der Waals surface area contributed by atoms with Gasteiger partial charge in [-0.25, -0.2) is 19.3 Å². The fourth-order valence-electron chi connectivity index (χ4n) is 1.66. The molecule has 7 heteroatoms. The largest absolute Gasteiger partial charge is 0.316 e. The van der Waals surface area contributed by atoms with Crippen LogP contribution in [-0.2, 0) is 0 Å². The maximum Gasteiger partial charge on any atom is 0.189 e. The number of hydrogen-bond acceptors (Lipinski definition) is 5. The van der Waals surface area contributed by atoms with Crippen LogP contribution < -0.4 is 5.32 Å². The molecule has 0 radical (unpaired) electrons. The number of benzene rings is 1. The third-order valence-corrected chi connectivity index (χ3v) is 3.52. The second kappa shape index (κ2) is 4.71. The number of aryl methyl sites for hydroxylation is 1. The number of nitrogens with zero attached hydrogens (tertiary/aromatic N) is 3. The molecule has 1 N–H and O–H groups in total. The third-order valence-electron chi connectivity index (χ3n) is 2.39. The Labute approximate surface area is 117 Å². The molecule has 0 atom stereocenters. The molecule has 2 aromatic heterocycles. The van der Waals surface area contributed by atoms with Gasteiger partial charge < -0.3 is 5.32 Å². The van der Waals surface area contributed by atoms with Crippen LogP contribution >= 0.6 is 22.9 Å². The van der Waals surface area contributed by atoms with Gasteiger partial charge in [-0.15, -0.1) is 0 Å². The summed E-state index contributed by atoms with van der Waals surface area (Å²) in [4.78, 5) is 12.5. The van der Waals surface area contributed by atoms with Crippen molar-refractivity contribution < 1.29 is 4.39 Å². The van der Waals surface area contributed by atoms with E-state index in [1.54, 1.807) is 19.1 Å². The van der Waals surface area contributed by atoms with Crippen molar-refractivity contribution in [3.05, 3.63) is 41.1 Å². The topological polar surface area (TPSA) is 50.7 Å². The number of rotatable bonds is 2. The molecule has 19 heavy (non-hydrogen) atoms. The molecule has 0 saturated carbocycles. The van der Waals surface area contributed by atoms with Crippen LogP contribution in [0.4, 0.5) is 15.3 Å². The zero-order valence-electron chi connectivity index (χ0n) is 9.82. The molecule has 0 aliphatic rings. The number of anilines is 2. The Morgan fingerprint density at radius 1 is 1.21 bits per heavy atom.